The van der Waals surface area contributed by atoms with Crippen molar-refractivity contribution in [2.75, 3.05) is 34.5 Å². The van der Waals surface area contributed by atoms with Gasteiger partial charge in [0, 0.05) is 29.9 Å². The maximum Gasteiger partial charge on any atom is 0.333 e. The quantitative estimate of drug-likeness (QED) is 0.357. The molecule has 0 fully saturated rings. The molecule has 0 aliphatic carbocycles. The van der Waals surface area contributed by atoms with E-state index in [0.29, 0.717) is 42.6 Å². The molecule has 1 aromatic heterocycles. The summed E-state index contributed by atoms with van der Waals surface area (Å²) in [6.07, 6.45) is -0.0214. The number of hydrogen-bond acceptors (Lipinski definition) is 8. The van der Waals surface area contributed by atoms with Crippen LogP contribution in [-0.4, -0.2) is 56.7 Å². The fourth-order valence-corrected chi connectivity index (χ4v) is 4.56. The summed E-state index contributed by atoms with van der Waals surface area (Å²) in [5.41, 5.74) is 2.73. The van der Waals surface area contributed by atoms with Gasteiger partial charge in [-0.25, -0.2) is 9.78 Å². The second-order valence-corrected chi connectivity index (χ2v) is 8.86. The molecule has 0 saturated heterocycles. The van der Waals surface area contributed by atoms with Crippen LogP contribution in [0.2, 0.25) is 0 Å². The lowest BCUT2D eigenvalue weighted by atomic mass is 10.1. The van der Waals surface area contributed by atoms with E-state index in [1.165, 1.54) is 0 Å². The van der Waals surface area contributed by atoms with Crippen LogP contribution in [-0.2, 0) is 22.4 Å². The Hall–Kier alpha value is -3.30. The Labute approximate surface area is 209 Å². The number of carboxylic acid groups (broad SMARTS) is 1. The second-order valence-electron chi connectivity index (χ2n) is 7.66. The molecule has 188 valence electrons. The minimum absolute atomic E-state index is 0.247. The van der Waals surface area contributed by atoms with E-state index in [-0.39, 0.29) is 6.42 Å². The number of aromatic nitrogens is 1. The van der Waals surface area contributed by atoms with Crippen LogP contribution in [0, 0.1) is 6.92 Å². The largest absolute Gasteiger partial charge is 0.493 e. The third-order valence-corrected chi connectivity index (χ3v) is 6.47. The van der Waals surface area contributed by atoms with E-state index in [9.17, 15) is 9.90 Å². The summed E-state index contributed by atoms with van der Waals surface area (Å²) in [6.45, 7) is 4.57. The lowest BCUT2D eigenvalue weighted by Crippen LogP contribution is -2.26. The Morgan fingerprint density at radius 2 is 1.69 bits per heavy atom. The topological polar surface area (TPSA) is 96.3 Å². The van der Waals surface area contributed by atoms with E-state index < -0.39 is 12.1 Å². The smallest absolute Gasteiger partial charge is 0.333 e. The van der Waals surface area contributed by atoms with Crippen molar-refractivity contribution in [2.24, 2.45) is 0 Å². The Morgan fingerprint density at radius 1 is 1.00 bits per heavy atom. The minimum atomic E-state index is -0.989. The van der Waals surface area contributed by atoms with Gasteiger partial charge in [0.1, 0.15) is 5.01 Å². The number of carboxylic acids is 1. The summed E-state index contributed by atoms with van der Waals surface area (Å²) in [5.74, 6) is 1.48. The van der Waals surface area contributed by atoms with Gasteiger partial charge in [-0.15, -0.1) is 11.3 Å². The molecule has 0 aliphatic rings. The lowest BCUT2D eigenvalue weighted by Gasteiger charge is -2.15. The summed E-state index contributed by atoms with van der Waals surface area (Å²) in [7, 11) is 4.78. The maximum absolute atomic E-state index is 11.4. The fourth-order valence-electron chi connectivity index (χ4n) is 3.60. The highest BCUT2D eigenvalue weighted by Gasteiger charge is 2.19. The SMILES string of the molecule is CCOC(Cc1ccc(OCCc2nc(-c3ccc(OC)c(OC)c3)sc2C)c(OC)c1)C(=O)O. The van der Waals surface area contributed by atoms with Gasteiger partial charge in [0.05, 0.1) is 33.6 Å². The molecule has 2 aromatic carbocycles. The number of hydrogen-bond donors (Lipinski definition) is 1. The first-order valence-corrected chi connectivity index (χ1v) is 12.0. The number of nitrogens with zero attached hydrogens (tertiary/aromatic N) is 1. The van der Waals surface area contributed by atoms with Gasteiger partial charge in [0.2, 0.25) is 0 Å². The van der Waals surface area contributed by atoms with E-state index in [2.05, 4.69) is 0 Å². The highest BCUT2D eigenvalue weighted by atomic mass is 32.1. The number of methoxy groups -OCH3 is 3. The zero-order valence-electron chi connectivity index (χ0n) is 20.6. The molecule has 0 spiro atoms. The van der Waals surface area contributed by atoms with E-state index >= 15 is 0 Å². The Kier molecular flexibility index (Phi) is 9.33. The molecule has 0 saturated carbocycles. The third kappa shape index (κ3) is 6.64. The first-order valence-electron chi connectivity index (χ1n) is 11.2. The van der Waals surface area contributed by atoms with Gasteiger partial charge in [-0.3, -0.25) is 0 Å². The molecule has 3 rings (SSSR count). The summed E-state index contributed by atoms with van der Waals surface area (Å²) in [6, 6.07) is 11.2. The standard InChI is InChI=1S/C26H31NO7S/c1-6-33-24(26(28)29)14-17-7-9-21(22(13-17)31-4)34-12-11-19-16(2)35-25(27-19)18-8-10-20(30-3)23(15-18)32-5/h7-10,13,15,24H,6,11-12,14H2,1-5H3,(H,28,29). The fraction of sp³-hybridized carbons (Fsp3) is 0.385. The molecule has 0 aliphatic heterocycles. The highest BCUT2D eigenvalue weighted by Crippen LogP contribution is 2.35. The average molecular weight is 502 g/mol. The summed E-state index contributed by atoms with van der Waals surface area (Å²) in [4.78, 5) is 17.3. The Morgan fingerprint density at radius 3 is 2.34 bits per heavy atom. The minimum Gasteiger partial charge on any atom is -0.493 e. The van der Waals surface area contributed by atoms with Crippen molar-refractivity contribution < 1.29 is 33.6 Å². The molecule has 35 heavy (non-hydrogen) atoms. The van der Waals surface area contributed by atoms with E-state index in [1.54, 1.807) is 51.7 Å². The predicted molar refractivity (Wildman–Crippen MR) is 134 cm³/mol. The van der Waals surface area contributed by atoms with Crippen LogP contribution in [0.25, 0.3) is 10.6 Å². The molecular formula is C26H31NO7S. The molecule has 1 N–H and O–H groups in total. The molecular weight excluding hydrogens is 470 g/mol. The number of rotatable bonds is 13. The maximum atomic E-state index is 11.4. The molecule has 3 aromatic rings. The third-order valence-electron chi connectivity index (χ3n) is 5.41. The average Bonchev–Trinajstić information content (AvgIpc) is 3.24. The Balaban J connectivity index is 1.66. The van der Waals surface area contributed by atoms with Crippen molar-refractivity contribution in [1.82, 2.24) is 4.98 Å². The molecule has 1 unspecified atom stereocenters. The van der Waals surface area contributed by atoms with E-state index in [0.717, 1.165) is 26.7 Å². The molecule has 0 bridgehead atoms. The van der Waals surface area contributed by atoms with Crippen molar-refractivity contribution in [3.63, 3.8) is 0 Å². The number of ether oxygens (including phenoxy) is 5. The lowest BCUT2D eigenvalue weighted by molar-refractivity contribution is -0.149. The zero-order valence-corrected chi connectivity index (χ0v) is 21.4. The van der Waals surface area contributed by atoms with Gasteiger partial charge in [-0.1, -0.05) is 6.07 Å². The van der Waals surface area contributed by atoms with Crippen molar-refractivity contribution in [2.45, 2.75) is 32.8 Å². The number of benzene rings is 2. The van der Waals surface area contributed by atoms with E-state index in [1.807, 2.05) is 31.2 Å². The van der Waals surface area contributed by atoms with Crippen LogP contribution in [0.1, 0.15) is 23.1 Å². The van der Waals surface area contributed by atoms with Crippen LogP contribution in [0.4, 0.5) is 0 Å². The number of aliphatic carboxylic acids is 1. The molecule has 1 atom stereocenters. The first kappa shape index (κ1) is 26.3. The highest BCUT2D eigenvalue weighted by molar-refractivity contribution is 7.15. The summed E-state index contributed by atoms with van der Waals surface area (Å²) >= 11 is 1.62. The molecule has 0 radical (unpaired) electrons. The predicted octanol–water partition coefficient (Wildman–Crippen LogP) is 4.80. The zero-order chi connectivity index (χ0) is 25.4. The van der Waals surface area contributed by atoms with Crippen molar-refractivity contribution in [1.29, 1.82) is 0 Å². The Bertz CT molecular complexity index is 1140. The molecule has 0 amide bonds. The summed E-state index contributed by atoms with van der Waals surface area (Å²) < 4.78 is 27.5. The number of aryl methyl sites for hydroxylation is 1. The van der Waals surface area contributed by atoms with Crippen LogP contribution >= 0.6 is 11.3 Å². The van der Waals surface area contributed by atoms with Gasteiger partial charge in [-0.05, 0) is 49.7 Å². The van der Waals surface area contributed by atoms with E-state index in [4.69, 9.17) is 28.7 Å². The monoisotopic (exact) mass is 501 g/mol. The van der Waals surface area contributed by atoms with Crippen LogP contribution in [0.15, 0.2) is 36.4 Å². The molecule has 1 heterocycles. The van der Waals surface area contributed by atoms with Gasteiger partial charge < -0.3 is 28.8 Å². The number of carbonyl (C=O) groups is 1. The van der Waals surface area contributed by atoms with Crippen LogP contribution in [0.3, 0.4) is 0 Å². The van der Waals surface area contributed by atoms with Crippen molar-refractivity contribution in [3.05, 3.63) is 52.5 Å². The van der Waals surface area contributed by atoms with Crippen LogP contribution < -0.4 is 18.9 Å². The van der Waals surface area contributed by atoms with Crippen LogP contribution in [0.5, 0.6) is 23.0 Å². The number of thiazole rings is 1. The molecule has 9 heteroatoms. The normalized spacial score (nSPS) is 11.7. The first-order chi connectivity index (χ1) is 16.9. The van der Waals surface area contributed by atoms with Crippen molar-refractivity contribution in [3.8, 4) is 33.6 Å². The van der Waals surface area contributed by atoms with Gasteiger partial charge in [0.15, 0.2) is 29.1 Å². The van der Waals surface area contributed by atoms with Gasteiger partial charge in [0.25, 0.3) is 0 Å². The van der Waals surface area contributed by atoms with Gasteiger partial charge >= 0.3 is 5.97 Å². The summed E-state index contributed by atoms with van der Waals surface area (Å²) in [5, 5.41) is 10.2. The van der Waals surface area contributed by atoms with Crippen molar-refractivity contribution >= 4 is 17.3 Å². The molecule has 8 nitrogen and oxygen atoms in total. The van der Waals surface area contributed by atoms with Gasteiger partial charge in [-0.2, -0.15) is 0 Å². The second kappa shape index (κ2) is 12.4.